The van der Waals surface area contributed by atoms with Crippen molar-refractivity contribution in [3.63, 3.8) is 0 Å². The molecule has 4 rings (SSSR count). The number of benzene rings is 3. The number of anilines is 2. The molecule has 3 aromatic carbocycles. The van der Waals surface area contributed by atoms with Gasteiger partial charge >= 0.3 is 0 Å². The molecule has 36 heavy (non-hydrogen) atoms. The lowest BCUT2D eigenvalue weighted by molar-refractivity contribution is -0.127. The monoisotopic (exact) mass is 501 g/mol. The van der Waals surface area contributed by atoms with Gasteiger partial charge in [0.2, 0.25) is 11.0 Å². The molecule has 0 spiro atoms. The van der Waals surface area contributed by atoms with Gasteiger partial charge in [-0.15, -0.1) is 10.2 Å². The fourth-order valence-corrected chi connectivity index (χ4v) is 4.20. The number of nitrogens with zero attached hydrogens (tertiary/aromatic N) is 3. The third-order valence-corrected chi connectivity index (χ3v) is 6.22. The van der Waals surface area contributed by atoms with Crippen LogP contribution in [0, 0.1) is 0 Å². The van der Waals surface area contributed by atoms with Crippen LogP contribution < -0.4 is 20.3 Å². The Balaban J connectivity index is 1.42. The quantitative estimate of drug-likeness (QED) is 0.341. The van der Waals surface area contributed by atoms with Gasteiger partial charge in [-0.3, -0.25) is 14.9 Å². The van der Waals surface area contributed by atoms with E-state index < -0.39 is 11.9 Å². The highest BCUT2D eigenvalue weighted by Gasteiger charge is 2.23. The fourth-order valence-electron chi connectivity index (χ4n) is 3.45. The van der Waals surface area contributed by atoms with E-state index in [4.69, 9.17) is 4.74 Å². The Morgan fingerprint density at radius 2 is 1.58 bits per heavy atom. The van der Waals surface area contributed by atoms with Gasteiger partial charge in [0.15, 0.2) is 6.61 Å². The van der Waals surface area contributed by atoms with Crippen LogP contribution in [-0.2, 0) is 16.0 Å². The molecular weight excluding hydrogens is 474 g/mol. The maximum Gasteiger partial charge on any atom is 0.258 e. The van der Waals surface area contributed by atoms with Crippen LogP contribution in [0.4, 0.5) is 10.8 Å². The second kappa shape index (κ2) is 11.9. The molecule has 8 nitrogen and oxygen atoms in total. The lowest BCUT2D eigenvalue weighted by Gasteiger charge is -2.18. The zero-order valence-corrected chi connectivity index (χ0v) is 20.9. The van der Waals surface area contributed by atoms with E-state index >= 15 is 0 Å². The number of ether oxygens (including phenoxy) is 1. The summed E-state index contributed by atoms with van der Waals surface area (Å²) in [6, 6.07) is 25.7. The molecule has 0 aliphatic heterocycles. The van der Waals surface area contributed by atoms with E-state index in [2.05, 4.69) is 20.8 Å². The molecule has 1 heterocycles. The fraction of sp³-hybridized carbons (Fsp3) is 0.185. The number of amides is 2. The van der Waals surface area contributed by atoms with Crippen LogP contribution in [0.25, 0.3) is 10.6 Å². The Morgan fingerprint density at radius 3 is 2.25 bits per heavy atom. The lowest BCUT2D eigenvalue weighted by atomic mass is 10.1. The van der Waals surface area contributed by atoms with Gasteiger partial charge in [0.05, 0.1) is 0 Å². The molecule has 0 saturated carbocycles. The first-order valence-corrected chi connectivity index (χ1v) is 12.2. The van der Waals surface area contributed by atoms with Gasteiger partial charge in [0, 0.05) is 31.8 Å². The highest BCUT2D eigenvalue weighted by Crippen LogP contribution is 2.28. The molecule has 1 aromatic heterocycles. The average molecular weight is 502 g/mol. The largest absolute Gasteiger partial charge is 0.484 e. The van der Waals surface area contributed by atoms with Crippen molar-refractivity contribution in [2.75, 3.05) is 30.9 Å². The number of carbonyl (C=O) groups is 2. The molecule has 2 N–H and O–H groups in total. The lowest BCUT2D eigenvalue weighted by Crippen LogP contribution is -2.46. The smallest absolute Gasteiger partial charge is 0.258 e. The van der Waals surface area contributed by atoms with Crippen molar-refractivity contribution in [2.24, 2.45) is 0 Å². The highest BCUT2D eigenvalue weighted by molar-refractivity contribution is 7.18. The molecule has 4 aromatic rings. The second-order valence-corrected chi connectivity index (χ2v) is 9.23. The maximum atomic E-state index is 13.2. The van der Waals surface area contributed by atoms with Crippen LogP contribution in [0.15, 0.2) is 84.9 Å². The third kappa shape index (κ3) is 6.89. The molecule has 0 aliphatic carbocycles. The summed E-state index contributed by atoms with van der Waals surface area (Å²) in [4.78, 5) is 27.8. The molecule has 1 atom stereocenters. The van der Waals surface area contributed by atoms with Gasteiger partial charge in [-0.1, -0.05) is 59.9 Å². The zero-order chi connectivity index (χ0) is 25.3. The third-order valence-electron chi connectivity index (χ3n) is 5.33. The number of rotatable bonds is 10. The molecule has 9 heteroatoms. The summed E-state index contributed by atoms with van der Waals surface area (Å²) in [7, 11) is 3.96. The Hall–Kier alpha value is -4.24. The number of carbonyl (C=O) groups excluding carboxylic acids is 2. The number of aromatic nitrogens is 2. The van der Waals surface area contributed by atoms with Gasteiger partial charge in [0.25, 0.3) is 5.91 Å². The zero-order valence-electron chi connectivity index (χ0n) is 20.0. The molecule has 2 amide bonds. The van der Waals surface area contributed by atoms with Gasteiger partial charge in [-0.2, -0.15) is 0 Å². The Kier molecular flexibility index (Phi) is 8.25. The standard InChI is InChI=1S/C27H27N5O3S/c1-32(2)21-15-13-20(14-16-21)26-30-31-27(36-26)29-25(34)23(17-19-9-5-3-6-10-19)28-24(33)18-35-22-11-7-4-8-12-22/h3-16,23H,17-18H2,1-2H3,(H,28,33)(H,29,31,34). The summed E-state index contributed by atoms with van der Waals surface area (Å²) in [5, 5.41) is 15.0. The Morgan fingerprint density at radius 1 is 0.917 bits per heavy atom. The van der Waals surface area contributed by atoms with Crippen molar-refractivity contribution in [2.45, 2.75) is 12.5 Å². The predicted octanol–water partition coefficient (Wildman–Crippen LogP) is 4.02. The van der Waals surface area contributed by atoms with E-state index in [9.17, 15) is 9.59 Å². The van der Waals surface area contributed by atoms with E-state index in [-0.39, 0.29) is 12.5 Å². The van der Waals surface area contributed by atoms with Crippen LogP contribution in [0.2, 0.25) is 0 Å². The number of hydrogen-bond donors (Lipinski definition) is 2. The van der Waals surface area contributed by atoms with E-state index in [1.54, 1.807) is 12.1 Å². The number of hydrogen-bond acceptors (Lipinski definition) is 7. The normalized spacial score (nSPS) is 11.4. The minimum atomic E-state index is -0.814. The van der Waals surface area contributed by atoms with Crippen LogP contribution in [0.3, 0.4) is 0 Å². The minimum Gasteiger partial charge on any atom is -0.484 e. The van der Waals surface area contributed by atoms with E-state index in [0.29, 0.717) is 22.3 Å². The average Bonchev–Trinajstić information content (AvgIpc) is 3.37. The first-order chi connectivity index (χ1) is 17.5. The van der Waals surface area contributed by atoms with Crippen molar-refractivity contribution < 1.29 is 14.3 Å². The summed E-state index contributed by atoms with van der Waals surface area (Å²) in [6.07, 6.45) is 0.321. The maximum absolute atomic E-state index is 13.2. The summed E-state index contributed by atoms with van der Waals surface area (Å²) < 4.78 is 5.53. The highest BCUT2D eigenvalue weighted by atomic mass is 32.1. The molecule has 0 fully saturated rings. The summed E-state index contributed by atoms with van der Waals surface area (Å²) in [5.74, 6) is -0.192. The summed E-state index contributed by atoms with van der Waals surface area (Å²) >= 11 is 1.27. The van der Waals surface area contributed by atoms with E-state index in [1.807, 2.05) is 91.8 Å². The topological polar surface area (TPSA) is 96.5 Å². The van der Waals surface area contributed by atoms with Crippen molar-refractivity contribution in [1.82, 2.24) is 15.5 Å². The number of nitrogens with one attached hydrogen (secondary N) is 2. The van der Waals surface area contributed by atoms with Crippen LogP contribution in [0.5, 0.6) is 5.75 Å². The van der Waals surface area contributed by atoms with Gasteiger partial charge < -0.3 is 15.0 Å². The molecule has 0 aliphatic rings. The first-order valence-electron chi connectivity index (χ1n) is 11.4. The molecule has 0 bridgehead atoms. The Labute approximate surface area is 214 Å². The van der Waals surface area contributed by atoms with Crippen LogP contribution in [-0.4, -0.2) is 48.8 Å². The second-order valence-electron chi connectivity index (χ2n) is 8.25. The van der Waals surface area contributed by atoms with E-state index in [0.717, 1.165) is 16.8 Å². The number of para-hydroxylation sites is 1. The van der Waals surface area contributed by atoms with Gasteiger partial charge in [-0.25, -0.2) is 0 Å². The molecule has 0 radical (unpaired) electrons. The molecule has 184 valence electrons. The predicted molar refractivity (Wildman–Crippen MR) is 142 cm³/mol. The summed E-state index contributed by atoms with van der Waals surface area (Å²) in [6.45, 7) is -0.200. The van der Waals surface area contributed by atoms with E-state index in [1.165, 1.54) is 11.3 Å². The molecule has 0 saturated heterocycles. The van der Waals surface area contributed by atoms with Crippen molar-refractivity contribution in [3.8, 4) is 16.3 Å². The molecular formula is C27H27N5O3S. The first kappa shape index (κ1) is 24.9. The van der Waals surface area contributed by atoms with Gasteiger partial charge in [-0.05, 0) is 42.0 Å². The van der Waals surface area contributed by atoms with Crippen LogP contribution in [0.1, 0.15) is 5.56 Å². The van der Waals surface area contributed by atoms with Crippen molar-refractivity contribution >= 4 is 34.0 Å². The van der Waals surface area contributed by atoms with Gasteiger partial charge in [0.1, 0.15) is 16.8 Å². The van der Waals surface area contributed by atoms with Crippen LogP contribution >= 0.6 is 11.3 Å². The SMILES string of the molecule is CN(C)c1ccc(-c2nnc(NC(=O)C(Cc3ccccc3)NC(=O)COc3ccccc3)s2)cc1. The summed E-state index contributed by atoms with van der Waals surface area (Å²) in [5.41, 5.74) is 2.90. The molecule has 1 unspecified atom stereocenters. The van der Waals surface area contributed by atoms with Crippen molar-refractivity contribution in [3.05, 3.63) is 90.5 Å². The minimum absolute atomic E-state index is 0.200. The van der Waals surface area contributed by atoms with Crippen molar-refractivity contribution in [1.29, 1.82) is 0 Å². The Bertz CT molecular complexity index is 1280.